The molecule has 0 bridgehead atoms. The molecular formula is C13H10Cl2N2O3. The molecular weight excluding hydrogens is 303 g/mol. The molecule has 2 rings (SSSR count). The summed E-state index contributed by atoms with van der Waals surface area (Å²) in [7, 11) is 0. The Hall–Kier alpha value is -1.85. The Bertz CT molecular complexity index is 635. The van der Waals surface area contributed by atoms with E-state index in [2.05, 4.69) is 4.98 Å². The van der Waals surface area contributed by atoms with E-state index < -0.39 is 4.92 Å². The van der Waals surface area contributed by atoms with Crippen LogP contribution in [0.25, 0.3) is 0 Å². The third-order valence-electron chi connectivity index (χ3n) is 2.61. The number of rotatable bonds is 5. The minimum Gasteiger partial charge on any atom is -0.482 e. The van der Waals surface area contributed by atoms with Gasteiger partial charge in [0, 0.05) is 29.9 Å². The molecule has 1 aromatic heterocycles. The molecule has 0 aliphatic carbocycles. The average Bonchev–Trinajstić information content (AvgIpc) is 2.46. The summed E-state index contributed by atoms with van der Waals surface area (Å²) in [6.07, 6.45) is 3.07. The first-order valence-electron chi connectivity index (χ1n) is 5.66. The number of alkyl halides is 1. The topological polar surface area (TPSA) is 65.3 Å². The van der Waals surface area contributed by atoms with Crippen LogP contribution in [0.5, 0.6) is 5.75 Å². The lowest BCUT2D eigenvalue weighted by atomic mass is 10.2. The van der Waals surface area contributed by atoms with Crippen molar-refractivity contribution in [2.45, 2.75) is 12.5 Å². The van der Waals surface area contributed by atoms with Crippen LogP contribution in [0.4, 0.5) is 5.69 Å². The molecule has 1 heterocycles. The average molecular weight is 313 g/mol. The fourth-order valence-corrected chi connectivity index (χ4v) is 1.92. The van der Waals surface area contributed by atoms with Gasteiger partial charge in [-0.1, -0.05) is 17.7 Å². The van der Waals surface area contributed by atoms with Gasteiger partial charge in [-0.25, -0.2) is 0 Å². The Kier molecular flexibility index (Phi) is 4.76. The van der Waals surface area contributed by atoms with Gasteiger partial charge in [0.2, 0.25) is 0 Å². The number of nitro benzene ring substituents is 1. The van der Waals surface area contributed by atoms with E-state index in [0.717, 1.165) is 5.56 Å². The van der Waals surface area contributed by atoms with E-state index in [1.165, 1.54) is 12.3 Å². The van der Waals surface area contributed by atoms with Crippen LogP contribution in [0, 0.1) is 10.1 Å². The van der Waals surface area contributed by atoms with Gasteiger partial charge in [0.25, 0.3) is 0 Å². The van der Waals surface area contributed by atoms with Crippen molar-refractivity contribution < 1.29 is 9.66 Å². The van der Waals surface area contributed by atoms with Crippen LogP contribution in [-0.2, 0) is 12.5 Å². The first-order valence-corrected chi connectivity index (χ1v) is 6.57. The van der Waals surface area contributed by atoms with Crippen molar-refractivity contribution in [3.05, 3.63) is 62.9 Å². The maximum atomic E-state index is 11.0. The Morgan fingerprint density at radius 2 is 2.15 bits per heavy atom. The summed E-state index contributed by atoms with van der Waals surface area (Å²) in [5.41, 5.74) is 1.34. The van der Waals surface area contributed by atoms with Crippen LogP contribution >= 0.6 is 23.2 Å². The Labute approximate surface area is 125 Å². The van der Waals surface area contributed by atoms with Gasteiger partial charge in [-0.05, 0) is 17.7 Å². The van der Waals surface area contributed by atoms with Crippen LogP contribution in [0.2, 0.25) is 5.02 Å². The van der Waals surface area contributed by atoms with E-state index in [1.54, 1.807) is 24.4 Å². The molecule has 7 heteroatoms. The zero-order valence-electron chi connectivity index (χ0n) is 10.3. The molecule has 0 saturated carbocycles. The molecule has 0 amide bonds. The van der Waals surface area contributed by atoms with Gasteiger partial charge in [-0.2, -0.15) is 0 Å². The zero-order chi connectivity index (χ0) is 14.5. The standard InChI is InChI=1S/C13H10Cl2N2O3/c14-6-9-1-2-12(17(18)19)13(5-9)20-8-10-3-4-16-7-11(10)15/h1-5,7H,6,8H2. The minimum absolute atomic E-state index is 0.107. The quantitative estimate of drug-likeness (QED) is 0.476. The maximum Gasteiger partial charge on any atom is 0.310 e. The third-order valence-corrected chi connectivity index (χ3v) is 3.26. The molecule has 5 nitrogen and oxygen atoms in total. The summed E-state index contributed by atoms with van der Waals surface area (Å²) in [6.45, 7) is 0.119. The van der Waals surface area contributed by atoms with Crippen molar-refractivity contribution in [1.82, 2.24) is 4.98 Å². The van der Waals surface area contributed by atoms with Gasteiger partial charge in [0.15, 0.2) is 5.75 Å². The van der Waals surface area contributed by atoms with Crippen molar-refractivity contribution >= 4 is 28.9 Å². The lowest BCUT2D eigenvalue weighted by molar-refractivity contribution is -0.386. The van der Waals surface area contributed by atoms with Gasteiger partial charge in [-0.3, -0.25) is 15.1 Å². The second kappa shape index (κ2) is 6.54. The van der Waals surface area contributed by atoms with Crippen LogP contribution in [0.15, 0.2) is 36.7 Å². The molecule has 0 spiro atoms. The molecule has 0 aliphatic rings. The minimum atomic E-state index is -0.499. The van der Waals surface area contributed by atoms with Gasteiger partial charge in [0.05, 0.1) is 9.95 Å². The van der Waals surface area contributed by atoms with Crippen LogP contribution in [0.3, 0.4) is 0 Å². The number of pyridine rings is 1. The van der Waals surface area contributed by atoms with Crippen LogP contribution < -0.4 is 4.74 Å². The van der Waals surface area contributed by atoms with E-state index in [-0.39, 0.29) is 23.9 Å². The van der Waals surface area contributed by atoms with Crippen molar-refractivity contribution in [3.8, 4) is 5.75 Å². The van der Waals surface area contributed by atoms with Gasteiger partial charge < -0.3 is 4.74 Å². The lowest BCUT2D eigenvalue weighted by Crippen LogP contribution is -2.00. The lowest BCUT2D eigenvalue weighted by Gasteiger charge is -2.09. The largest absolute Gasteiger partial charge is 0.482 e. The van der Waals surface area contributed by atoms with Crippen molar-refractivity contribution in [2.24, 2.45) is 0 Å². The molecule has 0 saturated heterocycles. The predicted octanol–water partition coefficient (Wildman–Crippen LogP) is 3.96. The molecule has 104 valence electrons. The fourth-order valence-electron chi connectivity index (χ4n) is 1.58. The molecule has 0 N–H and O–H groups in total. The van der Waals surface area contributed by atoms with Crippen LogP contribution in [-0.4, -0.2) is 9.91 Å². The SMILES string of the molecule is O=[N+]([O-])c1ccc(CCl)cc1OCc1ccncc1Cl. The summed E-state index contributed by atoms with van der Waals surface area (Å²) >= 11 is 11.7. The normalized spacial score (nSPS) is 10.3. The fraction of sp³-hybridized carbons (Fsp3) is 0.154. The van der Waals surface area contributed by atoms with E-state index in [9.17, 15) is 10.1 Å². The third kappa shape index (κ3) is 3.37. The maximum absolute atomic E-state index is 11.0. The first-order chi connectivity index (χ1) is 9.61. The van der Waals surface area contributed by atoms with Crippen molar-refractivity contribution in [2.75, 3.05) is 0 Å². The van der Waals surface area contributed by atoms with Crippen molar-refractivity contribution in [3.63, 3.8) is 0 Å². The highest BCUT2D eigenvalue weighted by Crippen LogP contribution is 2.29. The summed E-state index contributed by atoms with van der Waals surface area (Å²) < 4.78 is 5.50. The summed E-state index contributed by atoms with van der Waals surface area (Å²) in [4.78, 5) is 14.3. The number of nitro groups is 1. The second-order valence-electron chi connectivity index (χ2n) is 3.95. The number of halogens is 2. The van der Waals surface area contributed by atoms with Crippen molar-refractivity contribution in [1.29, 1.82) is 0 Å². The Balaban J connectivity index is 2.24. The molecule has 0 fully saturated rings. The number of ether oxygens (including phenoxy) is 1. The highest BCUT2D eigenvalue weighted by atomic mass is 35.5. The summed E-state index contributed by atoms with van der Waals surface area (Å²) in [5.74, 6) is 0.422. The van der Waals surface area contributed by atoms with E-state index >= 15 is 0 Å². The van der Waals surface area contributed by atoms with Gasteiger partial charge in [-0.15, -0.1) is 11.6 Å². The van der Waals surface area contributed by atoms with E-state index in [4.69, 9.17) is 27.9 Å². The molecule has 20 heavy (non-hydrogen) atoms. The molecule has 1 aromatic carbocycles. The van der Waals surface area contributed by atoms with E-state index in [0.29, 0.717) is 10.6 Å². The number of nitrogens with zero attached hydrogens (tertiary/aromatic N) is 2. The number of hydrogen-bond acceptors (Lipinski definition) is 4. The molecule has 0 radical (unpaired) electrons. The number of hydrogen-bond donors (Lipinski definition) is 0. The second-order valence-corrected chi connectivity index (χ2v) is 4.62. The highest BCUT2D eigenvalue weighted by molar-refractivity contribution is 6.31. The van der Waals surface area contributed by atoms with Gasteiger partial charge in [0.1, 0.15) is 6.61 Å². The highest BCUT2D eigenvalue weighted by Gasteiger charge is 2.16. The van der Waals surface area contributed by atoms with Gasteiger partial charge >= 0.3 is 5.69 Å². The number of benzene rings is 1. The first kappa shape index (κ1) is 14.6. The molecule has 0 atom stereocenters. The summed E-state index contributed by atoms with van der Waals surface area (Å²) in [6, 6.07) is 6.22. The molecule has 2 aromatic rings. The van der Waals surface area contributed by atoms with E-state index in [1.807, 2.05) is 0 Å². The molecule has 0 aliphatic heterocycles. The molecule has 0 unspecified atom stereocenters. The smallest absolute Gasteiger partial charge is 0.310 e. The monoisotopic (exact) mass is 312 g/mol. The Morgan fingerprint density at radius 3 is 2.80 bits per heavy atom. The van der Waals surface area contributed by atoms with Crippen LogP contribution in [0.1, 0.15) is 11.1 Å². The zero-order valence-corrected chi connectivity index (χ0v) is 11.8. The predicted molar refractivity (Wildman–Crippen MR) is 76.2 cm³/mol. The summed E-state index contributed by atoms with van der Waals surface area (Å²) in [5, 5.41) is 11.4. The number of aromatic nitrogens is 1. The Morgan fingerprint density at radius 1 is 1.35 bits per heavy atom.